The highest BCUT2D eigenvalue weighted by molar-refractivity contribution is 5.94. The number of aliphatic hydroxyl groups is 1. The summed E-state index contributed by atoms with van der Waals surface area (Å²) in [6.07, 6.45) is 1.53. The molecular weight excluding hydrogens is 355 g/mol. The number of carbonyl (C=O) groups excluding carboxylic acids is 2. The van der Waals surface area contributed by atoms with Crippen molar-refractivity contribution >= 4 is 17.9 Å². The molecule has 2 aliphatic heterocycles. The van der Waals surface area contributed by atoms with Crippen LogP contribution in [0, 0.1) is 5.82 Å². The summed E-state index contributed by atoms with van der Waals surface area (Å²) in [4.78, 5) is 25.1. The zero-order valence-electron chi connectivity index (χ0n) is 15.1. The maximum atomic E-state index is 14.8. The Morgan fingerprint density at radius 1 is 1.37 bits per heavy atom. The van der Waals surface area contributed by atoms with E-state index in [0.29, 0.717) is 30.5 Å². The van der Waals surface area contributed by atoms with E-state index in [1.54, 1.807) is 0 Å². The summed E-state index contributed by atoms with van der Waals surface area (Å²) in [5.74, 6) is -0.224. The molecule has 0 unspecified atom stereocenters. The number of hydrogen-bond donors (Lipinski definition) is 2. The number of aliphatic hydroxyl groups excluding tert-OH is 1. The van der Waals surface area contributed by atoms with Crippen molar-refractivity contribution in [2.24, 2.45) is 0 Å². The summed E-state index contributed by atoms with van der Waals surface area (Å²) in [7, 11) is 1.27. The molecule has 1 aliphatic carbocycles. The van der Waals surface area contributed by atoms with E-state index in [9.17, 15) is 19.1 Å². The van der Waals surface area contributed by atoms with Gasteiger partial charge in [-0.1, -0.05) is 6.07 Å². The smallest absolute Gasteiger partial charge is 0.415 e. The topological polar surface area (TPSA) is 88.1 Å². The van der Waals surface area contributed by atoms with Crippen LogP contribution in [0.5, 0.6) is 0 Å². The maximum Gasteiger partial charge on any atom is 0.415 e. The molecule has 0 aromatic heterocycles. The Morgan fingerprint density at radius 2 is 2.11 bits per heavy atom. The van der Waals surface area contributed by atoms with Crippen molar-refractivity contribution < 1.29 is 28.6 Å². The fourth-order valence-electron chi connectivity index (χ4n) is 4.44. The Balaban J connectivity index is 1.54. The van der Waals surface area contributed by atoms with Gasteiger partial charge in [-0.25, -0.2) is 14.0 Å². The van der Waals surface area contributed by atoms with Gasteiger partial charge in [-0.3, -0.25) is 4.90 Å². The lowest BCUT2D eigenvalue weighted by atomic mass is 9.82. The third-order valence-corrected chi connectivity index (χ3v) is 5.87. The van der Waals surface area contributed by atoms with Gasteiger partial charge in [0.1, 0.15) is 11.9 Å². The molecule has 2 heterocycles. The van der Waals surface area contributed by atoms with E-state index >= 15 is 0 Å². The quantitative estimate of drug-likeness (QED) is 0.844. The highest BCUT2D eigenvalue weighted by Crippen LogP contribution is 2.43. The number of carbonyl (C=O) groups is 2. The molecule has 7 nitrogen and oxygen atoms in total. The van der Waals surface area contributed by atoms with Gasteiger partial charge in [0.05, 0.1) is 31.5 Å². The number of ether oxygens (including phenoxy) is 2. The molecule has 2 atom stereocenters. The number of anilines is 1. The molecule has 3 aliphatic rings. The molecule has 4 rings (SSSR count). The van der Waals surface area contributed by atoms with Gasteiger partial charge in [-0.15, -0.1) is 0 Å². The summed E-state index contributed by atoms with van der Waals surface area (Å²) in [5.41, 5.74) is 2.13. The van der Waals surface area contributed by atoms with Crippen LogP contribution in [0.2, 0.25) is 0 Å². The largest absolute Gasteiger partial charge is 0.453 e. The van der Waals surface area contributed by atoms with Crippen LogP contribution in [0.1, 0.15) is 42.7 Å². The molecule has 0 radical (unpaired) electrons. The molecule has 2 amide bonds. The van der Waals surface area contributed by atoms with Gasteiger partial charge in [0, 0.05) is 0 Å². The lowest BCUT2D eigenvalue weighted by Gasteiger charge is -2.26. The molecule has 2 N–H and O–H groups in total. The van der Waals surface area contributed by atoms with Crippen molar-refractivity contribution in [2.45, 2.75) is 56.3 Å². The standard InChI is InChI=1S/C19H23FN2O5/c1-26-18(24)21-9-17-16-7-11-6-13(10-2-4-12(23)5-3-10)14(20)8-15(11)22(16)19(25)27-17/h6,8,10,12,16-17,23H,2-5,7,9H2,1H3,(H,21,24)/t10?,12?,16-,17-/m0/s1. The Bertz CT molecular complexity index is 763. The molecule has 1 saturated heterocycles. The second-order valence-corrected chi connectivity index (χ2v) is 7.44. The average Bonchev–Trinajstić information content (AvgIpc) is 3.17. The number of cyclic esters (lactones) is 1. The first-order chi connectivity index (χ1) is 13.0. The summed E-state index contributed by atoms with van der Waals surface area (Å²) in [6, 6.07) is 3.02. The van der Waals surface area contributed by atoms with E-state index in [2.05, 4.69) is 10.1 Å². The Labute approximate surface area is 156 Å². The SMILES string of the molecule is COC(=O)NC[C@@H]1OC(=O)N2c3cc(F)c(C4CCC(O)CC4)cc3C[C@@H]12. The first kappa shape index (κ1) is 18.0. The predicted molar refractivity (Wildman–Crippen MR) is 94.3 cm³/mol. The van der Waals surface area contributed by atoms with E-state index in [4.69, 9.17) is 4.74 Å². The highest BCUT2D eigenvalue weighted by atomic mass is 19.1. The minimum absolute atomic E-state index is 0.0953. The van der Waals surface area contributed by atoms with Crippen LogP contribution in [0.15, 0.2) is 12.1 Å². The number of benzene rings is 1. The number of halogens is 1. The number of nitrogens with zero attached hydrogens (tertiary/aromatic N) is 1. The van der Waals surface area contributed by atoms with E-state index in [1.165, 1.54) is 18.1 Å². The highest BCUT2D eigenvalue weighted by Gasteiger charge is 2.48. The molecule has 2 fully saturated rings. The lowest BCUT2D eigenvalue weighted by Crippen LogP contribution is -2.40. The van der Waals surface area contributed by atoms with Gasteiger partial charge >= 0.3 is 12.2 Å². The Morgan fingerprint density at radius 3 is 2.81 bits per heavy atom. The minimum Gasteiger partial charge on any atom is -0.453 e. The molecule has 0 bridgehead atoms. The van der Waals surface area contributed by atoms with E-state index in [0.717, 1.165) is 18.4 Å². The third-order valence-electron chi connectivity index (χ3n) is 5.87. The van der Waals surface area contributed by atoms with Gasteiger partial charge in [0.25, 0.3) is 0 Å². The molecule has 1 aromatic carbocycles. The first-order valence-corrected chi connectivity index (χ1v) is 9.30. The van der Waals surface area contributed by atoms with Crippen LogP contribution in [-0.4, -0.2) is 49.2 Å². The molecule has 8 heteroatoms. The van der Waals surface area contributed by atoms with Crippen LogP contribution < -0.4 is 10.2 Å². The van der Waals surface area contributed by atoms with Crippen LogP contribution in [0.25, 0.3) is 0 Å². The van der Waals surface area contributed by atoms with Gasteiger partial charge in [-0.05, 0) is 55.2 Å². The number of fused-ring (bicyclic) bond motifs is 3. The van der Waals surface area contributed by atoms with Crippen molar-refractivity contribution in [2.75, 3.05) is 18.6 Å². The number of rotatable bonds is 3. The Hall–Kier alpha value is -2.35. The summed E-state index contributed by atoms with van der Waals surface area (Å²) < 4.78 is 24.7. The van der Waals surface area contributed by atoms with Gasteiger partial charge < -0.3 is 19.9 Å². The number of amides is 2. The van der Waals surface area contributed by atoms with Crippen molar-refractivity contribution in [1.82, 2.24) is 5.32 Å². The lowest BCUT2D eigenvalue weighted by molar-refractivity contribution is 0.122. The molecule has 146 valence electrons. The number of alkyl carbamates (subject to hydrolysis) is 1. The van der Waals surface area contributed by atoms with Crippen LogP contribution in [0.3, 0.4) is 0 Å². The monoisotopic (exact) mass is 378 g/mol. The number of nitrogens with one attached hydrogen (secondary N) is 1. The average molecular weight is 378 g/mol. The number of methoxy groups -OCH3 is 1. The van der Waals surface area contributed by atoms with Crippen LogP contribution >= 0.6 is 0 Å². The fourth-order valence-corrected chi connectivity index (χ4v) is 4.44. The van der Waals surface area contributed by atoms with E-state index in [-0.39, 0.29) is 30.4 Å². The van der Waals surface area contributed by atoms with Crippen molar-refractivity contribution in [3.63, 3.8) is 0 Å². The van der Waals surface area contributed by atoms with Crippen molar-refractivity contribution in [3.8, 4) is 0 Å². The maximum absolute atomic E-state index is 14.8. The normalized spacial score (nSPS) is 29.1. The zero-order valence-corrected chi connectivity index (χ0v) is 15.1. The molecule has 27 heavy (non-hydrogen) atoms. The zero-order chi connectivity index (χ0) is 19.1. The Kier molecular flexibility index (Phi) is 4.67. The summed E-state index contributed by atoms with van der Waals surface area (Å²) in [5, 5.41) is 12.2. The molecule has 1 aromatic rings. The predicted octanol–water partition coefficient (Wildman–Crippen LogP) is 2.45. The van der Waals surface area contributed by atoms with Crippen LogP contribution in [0.4, 0.5) is 19.7 Å². The van der Waals surface area contributed by atoms with Gasteiger partial charge in [-0.2, -0.15) is 0 Å². The first-order valence-electron chi connectivity index (χ1n) is 9.30. The minimum atomic E-state index is -0.590. The second kappa shape index (κ2) is 6.99. The van der Waals surface area contributed by atoms with Crippen molar-refractivity contribution in [1.29, 1.82) is 0 Å². The van der Waals surface area contributed by atoms with E-state index in [1.807, 2.05) is 6.07 Å². The van der Waals surface area contributed by atoms with E-state index < -0.39 is 18.3 Å². The molecule has 0 spiro atoms. The van der Waals surface area contributed by atoms with Crippen molar-refractivity contribution in [3.05, 3.63) is 29.1 Å². The van der Waals surface area contributed by atoms with Crippen LogP contribution in [-0.2, 0) is 15.9 Å². The fraction of sp³-hybridized carbons (Fsp3) is 0.579. The summed E-state index contributed by atoms with van der Waals surface area (Å²) in [6.45, 7) is 0.142. The third kappa shape index (κ3) is 3.22. The van der Waals surface area contributed by atoms with Gasteiger partial charge in [0.15, 0.2) is 0 Å². The number of hydrogen-bond acceptors (Lipinski definition) is 5. The molecule has 1 saturated carbocycles. The second-order valence-electron chi connectivity index (χ2n) is 7.44. The van der Waals surface area contributed by atoms with Gasteiger partial charge in [0.2, 0.25) is 0 Å². The molecular formula is C19H23FN2O5. The summed E-state index contributed by atoms with van der Waals surface area (Å²) >= 11 is 0.